The van der Waals surface area contributed by atoms with E-state index in [1.807, 2.05) is 0 Å². The third-order valence-electron chi connectivity index (χ3n) is 4.49. The highest BCUT2D eigenvalue weighted by atomic mass is 16.5. The standard InChI is InChI=1S/C24H34O4/c1-21-4-6-24(7-5-21)20-28-15-3-14-26-16-12-22-8-10-23(11-9-22)13-17-27-19-18-25-2/h4-11H,3,12-20H2,1-2H3. The smallest absolute Gasteiger partial charge is 0.0716 e. The number of rotatable bonds is 15. The molecule has 0 saturated heterocycles. The maximum atomic E-state index is 5.73. The first-order valence-electron chi connectivity index (χ1n) is 10.1. The van der Waals surface area contributed by atoms with Crippen molar-refractivity contribution < 1.29 is 18.9 Å². The van der Waals surface area contributed by atoms with Gasteiger partial charge in [-0.15, -0.1) is 0 Å². The number of aryl methyl sites for hydroxylation is 1. The van der Waals surface area contributed by atoms with E-state index in [-0.39, 0.29) is 0 Å². The van der Waals surface area contributed by atoms with Crippen molar-refractivity contribution in [3.63, 3.8) is 0 Å². The van der Waals surface area contributed by atoms with Crippen LogP contribution in [0.4, 0.5) is 0 Å². The quantitative estimate of drug-likeness (QED) is 0.426. The van der Waals surface area contributed by atoms with Crippen molar-refractivity contribution in [2.75, 3.05) is 46.8 Å². The van der Waals surface area contributed by atoms with Crippen molar-refractivity contribution in [2.24, 2.45) is 0 Å². The highest BCUT2D eigenvalue weighted by molar-refractivity contribution is 5.23. The first kappa shape index (κ1) is 22.6. The summed E-state index contributed by atoms with van der Waals surface area (Å²) in [4.78, 5) is 0. The van der Waals surface area contributed by atoms with Crippen molar-refractivity contribution in [3.05, 3.63) is 70.8 Å². The molecule has 0 aliphatic heterocycles. The van der Waals surface area contributed by atoms with Crippen LogP contribution in [0.2, 0.25) is 0 Å². The monoisotopic (exact) mass is 386 g/mol. The van der Waals surface area contributed by atoms with Crippen molar-refractivity contribution in [1.82, 2.24) is 0 Å². The van der Waals surface area contributed by atoms with E-state index in [1.54, 1.807) is 7.11 Å². The topological polar surface area (TPSA) is 36.9 Å². The summed E-state index contributed by atoms with van der Waals surface area (Å²) in [6, 6.07) is 17.2. The van der Waals surface area contributed by atoms with Crippen molar-refractivity contribution >= 4 is 0 Å². The zero-order chi connectivity index (χ0) is 19.9. The van der Waals surface area contributed by atoms with Gasteiger partial charge in [0.15, 0.2) is 0 Å². The lowest BCUT2D eigenvalue weighted by Crippen LogP contribution is -2.05. The number of hydrogen-bond acceptors (Lipinski definition) is 4. The maximum Gasteiger partial charge on any atom is 0.0716 e. The van der Waals surface area contributed by atoms with Crippen molar-refractivity contribution in [1.29, 1.82) is 0 Å². The van der Waals surface area contributed by atoms with Gasteiger partial charge in [-0.1, -0.05) is 54.1 Å². The van der Waals surface area contributed by atoms with Gasteiger partial charge in [0, 0.05) is 20.3 Å². The molecule has 0 aromatic heterocycles. The maximum absolute atomic E-state index is 5.73. The number of benzene rings is 2. The largest absolute Gasteiger partial charge is 0.382 e. The average molecular weight is 387 g/mol. The molecule has 4 nitrogen and oxygen atoms in total. The van der Waals surface area contributed by atoms with Gasteiger partial charge in [-0.25, -0.2) is 0 Å². The predicted octanol–water partition coefficient (Wildman–Crippen LogP) is 4.37. The molecule has 0 fully saturated rings. The number of hydrogen-bond donors (Lipinski definition) is 0. The van der Waals surface area contributed by atoms with Gasteiger partial charge >= 0.3 is 0 Å². The third-order valence-corrected chi connectivity index (χ3v) is 4.49. The van der Waals surface area contributed by atoms with Gasteiger partial charge in [-0.05, 0) is 42.9 Å². The van der Waals surface area contributed by atoms with Crippen LogP contribution in [0, 0.1) is 6.92 Å². The Morgan fingerprint density at radius 1 is 0.571 bits per heavy atom. The molecule has 0 N–H and O–H groups in total. The Labute approximate surface area is 169 Å². The van der Waals surface area contributed by atoms with Crippen LogP contribution in [0.1, 0.15) is 28.7 Å². The zero-order valence-electron chi connectivity index (χ0n) is 17.3. The average Bonchev–Trinajstić information content (AvgIpc) is 2.72. The van der Waals surface area contributed by atoms with Crippen LogP contribution in [0.15, 0.2) is 48.5 Å². The second-order valence-corrected chi connectivity index (χ2v) is 6.93. The molecule has 0 spiro atoms. The minimum absolute atomic E-state index is 0.651. The van der Waals surface area contributed by atoms with Crippen molar-refractivity contribution in [2.45, 2.75) is 32.8 Å². The van der Waals surface area contributed by atoms with Crippen LogP contribution in [0.25, 0.3) is 0 Å². The summed E-state index contributed by atoms with van der Waals surface area (Å²) in [5.41, 5.74) is 5.10. The first-order chi connectivity index (χ1) is 13.8. The normalized spacial score (nSPS) is 11.1. The second-order valence-electron chi connectivity index (χ2n) is 6.93. The fourth-order valence-corrected chi connectivity index (χ4v) is 2.74. The Kier molecular flexibility index (Phi) is 11.5. The molecular formula is C24H34O4. The molecule has 2 aromatic rings. The van der Waals surface area contributed by atoms with Gasteiger partial charge in [0.05, 0.1) is 33.0 Å². The van der Waals surface area contributed by atoms with Gasteiger partial charge in [0.2, 0.25) is 0 Å². The first-order valence-corrected chi connectivity index (χ1v) is 10.1. The summed E-state index contributed by atoms with van der Waals surface area (Å²) < 4.78 is 21.9. The Balaban J connectivity index is 1.46. The Morgan fingerprint density at radius 2 is 1.11 bits per heavy atom. The van der Waals surface area contributed by atoms with Crippen molar-refractivity contribution in [3.8, 4) is 0 Å². The molecule has 0 aliphatic carbocycles. The Morgan fingerprint density at radius 3 is 1.71 bits per heavy atom. The summed E-state index contributed by atoms with van der Waals surface area (Å²) >= 11 is 0. The minimum atomic E-state index is 0.651. The van der Waals surface area contributed by atoms with E-state index in [0.717, 1.165) is 45.7 Å². The molecule has 0 atom stereocenters. The molecule has 0 radical (unpaired) electrons. The zero-order valence-corrected chi connectivity index (χ0v) is 17.3. The van der Waals surface area contributed by atoms with E-state index in [2.05, 4.69) is 55.5 Å². The Hall–Kier alpha value is -1.72. The molecule has 0 saturated carbocycles. The van der Waals surface area contributed by atoms with Crippen LogP contribution >= 0.6 is 0 Å². The molecule has 2 aromatic carbocycles. The lowest BCUT2D eigenvalue weighted by molar-refractivity contribution is 0.0722. The van der Waals surface area contributed by atoms with Crippen LogP contribution in [-0.4, -0.2) is 46.8 Å². The molecule has 0 bridgehead atoms. The fourth-order valence-electron chi connectivity index (χ4n) is 2.74. The van der Waals surface area contributed by atoms with E-state index < -0.39 is 0 Å². The van der Waals surface area contributed by atoms with E-state index in [4.69, 9.17) is 18.9 Å². The molecule has 2 rings (SSSR count). The fraction of sp³-hybridized carbons (Fsp3) is 0.500. The highest BCUT2D eigenvalue weighted by Gasteiger charge is 1.98. The van der Waals surface area contributed by atoms with E-state index >= 15 is 0 Å². The molecule has 154 valence electrons. The van der Waals surface area contributed by atoms with Crippen LogP contribution in [-0.2, 0) is 38.4 Å². The third kappa shape index (κ3) is 10.00. The van der Waals surface area contributed by atoms with Gasteiger partial charge in [0.25, 0.3) is 0 Å². The van der Waals surface area contributed by atoms with Gasteiger partial charge in [-0.3, -0.25) is 0 Å². The minimum Gasteiger partial charge on any atom is -0.382 e. The van der Waals surface area contributed by atoms with E-state index in [0.29, 0.717) is 19.8 Å². The summed E-state index contributed by atoms with van der Waals surface area (Å²) in [7, 11) is 1.69. The second kappa shape index (κ2) is 14.3. The van der Waals surface area contributed by atoms with Crippen LogP contribution < -0.4 is 0 Å². The number of methoxy groups -OCH3 is 1. The van der Waals surface area contributed by atoms with Gasteiger partial charge < -0.3 is 18.9 Å². The van der Waals surface area contributed by atoms with Gasteiger partial charge in [0.1, 0.15) is 0 Å². The van der Waals surface area contributed by atoms with E-state index in [1.165, 1.54) is 22.3 Å². The SMILES string of the molecule is COCCOCCc1ccc(CCOCCCOCc2ccc(C)cc2)cc1. The lowest BCUT2D eigenvalue weighted by Gasteiger charge is -2.07. The molecule has 0 heterocycles. The molecular weight excluding hydrogens is 352 g/mol. The summed E-state index contributed by atoms with van der Waals surface area (Å²) in [6.45, 7) is 7.02. The van der Waals surface area contributed by atoms with Crippen LogP contribution in [0.5, 0.6) is 0 Å². The molecule has 0 amide bonds. The molecule has 4 heteroatoms. The van der Waals surface area contributed by atoms with Crippen LogP contribution in [0.3, 0.4) is 0 Å². The summed E-state index contributed by atoms with van der Waals surface area (Å²) in [5.74, 6) is 0. The molecule has 0 aliphatic rings. The highest BCUT2D eigenvalue weighted by Crippen LogP contribution is 2.07. The lowest BCUT2D eigenvalue weighted by atomic mass is 10.1. The molecule has 0 unspecified atom stereocenters. The number of ether oxygens (including phenoxy) is 4. The predicted molar refractivity (Wildman–Crippen MR) is 113 cm³/mol. The summed E-state index contributed by atoms with van der Waals surface area (Å²) in [5, 5.41) is 0. The molecule has 28 heavy (non-hydrogen) atoms. The van der Waals surface area contributed by atoms with E-state index in [9.17, 15) is 0 Å². The van der Waals surface area contributed by atoms with Gasteiger partial charge in [-0.2, -0.15) is 0 Å². The Bertz CT molecular complexity index is 622. The summed E-state index contributed by atoms with van der Waals surface area (Å²) in [6.07, 6.45) is 2.80.